The fraction of sp³-hybridized carbons (Fsp3) is 0.267. The smallest absolute Gasteiger partial charge is 0.170 e. The Morgan fingerprint density at radius 2 is 1.95 bits per heavy atom. The zero-order chi connectivity index (χ0) is 14.4. The molecule has 0 saturated carbocycles. The quantitative estimate of drug-likeness (QED) is 0.631. The zero-order valence-electron chi connectivity index (χ0n) is 11.3. The molecular weight excluding hydrogens is 336 g/mol. The van der Waals surface area contributed by atoms with E-state index in [-0.39, 0.29) is 0 Å². The van der Waals surface area contributed by atoms with Crippen molar-refractivity contribution < 1.29 is 4.74 Å². The van der Waals surface area contributed by atoms with Crippen LogP contribution >= 0.6 is 28.1 Å². The van der Waals surface area contributed by atoms with Crippen LogP contribution in [0.3, 0.4) is 0 Å². The minimum atomic E-state index is 0.633. The predicted octanol–water partition coefficient (Wildman–Crippen LogP) is 3.93. The second-order valence-electron chi connectivity index (χ2n) is 4.37. The highest BCUT2D eigenvalue weighted by Gasteiger charge is 2.05. The van der Waals surface area contributed by atoms with Gasteiger partial charge in [0.25, 0.3) is 0 Å². The van der Waals surface area contributed by atoms with Crippen molar-refractivity contribution in [1.82, 2.24) is 5.32 Å². The monoisotopic (exact) mass is 352 g/mol. The molecule has 0 saturated heterocycles. The van der Waals surface area contributed by atoms with E-state index >= 15 is 0 Å². The van der Waals surface area contributed by atoms with Crippen molar-refractivity contribution in [1.29, 1.82) is 0 Å². The Bertz CT molecular complexity index is 603. The average Bonchev–Trinajstić information content (AvgIpc) is 2.47. The number of fused-ring (bicyclic) bond motifs is 1. The van der Waals surface area contributed by atoms with Crippen molar-refractivity contribution in [2.45, 2.75) is 6.42 Å². The highest BCUT2D eigenvalue weighted by atomic mass is 79.9. The van der Waals surface area contributed by atoms with E-state index < -0.39 is 0 Å². The molecule has 2 rings (SSSR count). The van der Waals surface area contributed by atoms with Crippen LogP contribution in [0.2, 0.25) is 0 Å². The van der Waals surface area contributed by atoms with Gasteiger partial charge in [0.15, 0.2) is 5.11 Å². The van der Waals surface area contributed by atoms with Crippen LogP contribution in [0.5, 0.6) is 0 Å². The molecule has 20 heavy (non-hydrogen) atoms. The topological polar surface area (TPSA) is 33.3 Å². The Kier molecular flexibility index (Phi) is 5.76. The average molecular weight is 353 g/mol. The van der Waals surface area contributed by atoms with Gasteiger partial charge in [0, 0.05) is 35.8 Å². The Labute approximate surface area is 132 Å². The van der Waals surface area contributed by atoms with Crippen LogP contribution in [-0.2, 0) is 4.74 Å². The van der Waals surface area contributed by atoms with Gasteiger partial charge in [0.1, 0.15) is 0 Å². The first-order valence-corrected chi connectivity index (χ1v) is 7.63. The normalized spacial score (nSPS) is 10.5. The van der Waals surface area contributed by atoms with Gasteiger partial charge in [0.2, 0.25) is 0 Å². The molecule has 2 aromatic rings. The summed E-state index contributed by atoms with van der Waals surface area (Å²) in [5.74, 6) is 0. The van der Waals surface area contributed by atoms with E-state index in [9.17, 15) is 0 Å². The minimum Gasteiger partial charge on any atom is -0.385 e. The highest BCUT2D eigenvalue weighted by molar-refractivity contribution is 9.10. The summed E-state index contributed by atoms with van der Waals surface area (Å²) in [5, 5.41) is 9.36. The minimum absolute atomic E-state index is 0.633. The lowest BCUT2D eigenvalue weighted by atomic mass is 10.1. The molecule has 2 aromatic carbocycles. The molecule has 0 heterocycles. The number of hydrogen-bond donors (Lipinski definition) is 2. The standard InChI is InChI=1S/C15H17BrN2OS/c1-19-10-4-9-17-15(20)18-14-8-7-13(16)11-5-2-3-6-12(11)14/h2-3,5-8H,4,9-10H2,1H3,(H2,17,18,20). The predicted molar refractivity (Wildman–Crippen MR) is 92.4 cm³/mol. The zero-order valence-corrected chi connectivity index (χ0v) is 13.7. The molecule has 0 unspecified atom stereocenters. The second kappa shape index (κ2) is 7.57. The fourth-order valence-corrected chi connectivity index (χ4v) is 2.65. The van der Waals surface area contributed by atoms with Gasteiger partial charge in [-0.3, -0.25) is 0 Å². The van der Waals surface area contributed by atoms with Gasteiger partial charge in [-0.25, -0.2) is 0 Å². The number of hydrogen-bond acceptors (Lipinski definition) is 2. The molecule has 0 aromatic heterocycles. The Morgan fingerprint density at radius 1 is 1.20 bits per heavy atom. The first-order chi connectivity index (χ1) is 9.72. The number of benzene rings is 2. The SMILES string of the molecule is COCCCNC(=S)Nc1ccc(Br)c2ccccc12. The van der Waals surface area contributed by atoms with Gasteiger partial charge in [-0.1, -0.05) is 40.2 Å². The number of anilines is 1. The van der Waals surface area contributed by atoms with Crippen molar-refractivity contribution in [3.63, 3.8) is 0 Å². The van der Waals surface area contributed by atoms with E-state index in [1.807, 2.05) is 24.3 Å². The van der Waals surface area contributed by atoms with Crippen LogP contribution in [0.25, 0.3) is 10.8 Å². The van der Waals surface area contributed by atoms with Gasteiger partial charge < -0.3 is 15.4 Å². The summed E-state index contributed by atoms with van der Waals surface area (Å²) in [6, 6.07) is 12.3. The Hall–Kier alpha value is -1.17. The van der Waals surface area contributed by atoms with E-state index in [4.69, 9.17) is 17.0 Å². The molecular formula is C15H17BrN2OS. The van der Waals surface area contributed by atoms with Gasteiger partial charge in [-0.2, -0.15) is 0 Å². The van der Waals surface area contributed by atoms with Crippen LogP contribution in [0.4, 0.5) is 5.69 Å². The number of ether oxygens (including phenoxy) is 1. The maximum atomic E-state index is 5.31. The summed E-state index contributed by atoms with van der Waals surface area (Å²) in [7, 11) is 1.70. The third-order valence-electron chi connectivity index (χ3n) is 2.93. The van der Waals surface area contributed by atoms with Crippen LogP contribution < -0.4 is 10.6 Å². The summed E-state index contributed by atoms with van der Waals surface area (Å²) in [6.45, 7) is 1.53. The first kappa shape index (κ1) is 15.2. The van der Waals surface area contributed by atoms with Gasteiger partial charge >= 0.3 is 0 Å². The van der Waals surface area contributed by atoms with Crippen LogP contribution in [0, 0.1) is 0 Å². The van der Waals surface area contributed by atoms with E-state index in [0.29, 0.717) is 5.11 Å². The Morgan fingerprint density at radius 3 is 2.70 bits per heavy atom. The molecule has 0 amide bonds. The molecule has 0 atom stereocenters. The first-order valence-electron chi connectivity index (χ1n) is 6.43. The molecule has 0 bridgehead atoms. The van der Waals surface area contributed by atoms with Crippen molar-refractivity contribution in [3.8, 4) is 0 Å². The molecule has 0 radical (unpaired) electrons. The summed E-state index contributed by atoms with van der Waals surface area (Å²) in [4.78, 5) is 0. The van der Waals surface area contributed by atoms with E-state index in [1.165, 1.54) is 5.39 Å². The molecule has 2 N–H and O–H groups in total. The van der Waals surface area contributed by atoms with Crippen molar-refractivity contribution in [2.24, 2.45) is 0 Å². The van der Waals surface area contributed by atoms with Gasteiger partial charge in [-0.15, -0.1) is 0 Å². The van der Waals surface area contributed by atoms with Crippen LogP contribution in [-0.4, -0.2) is 25.4 Å². The molecule has 5 heteroatoms. The van der Waals surface area contributed by atoms with Crippen LogP contribution in [0.15, 0.2) is 40.9 Å². The number of nitrogens with one attached hydrogen (secondary N) is 2. The molecule has 0 aliphatic heterocycles. The molecule has 106 valence electrons. The highest BCUT2D eigenvalue weighted by Crippen LogP contribution is 2.29. The Balaban J connectivity index is 2.06. The largest absolute Gasteiger partial charge is 0.385 e. The maximum absolute atomic E-state index is 5.31. The van der Waals surface area contributed by atoms with Crippen LogP contribution in [0.1, 0.15) is 6.42 Å². The molecule has 0 spiro atoms. The molecule has 0 aliphatic carbocycles. The lowest BCUT2D eigenvalue weighted by Gasteiger charge is -2.13. The third-order valence-corrected chi connectivity index (χ3v) is 3.87. The summed E-state index contributed by atoms with van der Waals surface area (Å²) < 4.78 is 6.08. The second-order valence-corrected chi connectivity index (χ2v) is 5.63. The molecule has 3 nitrogen and oxygen atoms in total. The van der Waals surface area contributed by atoms with E-state index in [2.05, 4.69) is 38.7 Å². The summed E-state index contributed by atoms with van der Waals surface area (Å²) >= 11 is 8.87. The fourth-order valence-electron chi connectivity index (χ4n) is 1.96. The van der Waals surface area contributed by atoms with E-state index in [1.54, 1.807) is 7.11 Å². The van der Waals surface area contributed by atoms with E-state index in [0.717, 1.165) is 35.1 Å². The molecule has 0 fully saturated rings. The third kappa shape index (κ3) is 3.91. The number of thiocarbonyl (C=S) groups is 1. The van der Waals surface area contributed by atoms with Crippen molar-refractivity contribution in [2.75, 3.05) is 25.6 Å². The van der Waals surface area contributed by atoms with Crippen molar-refractivity contribution in [3.05, 3.63) is 40.9 Å². The van der Waals surface area contributed by atoms with Gasteiger partial charge in [0.05, 0.1) is 0 Å². The lowest BCUT2D eigenvalue weighted by Crippen LogP contribution is -2.29. The van der Waals surface area contributed by atoms with Gasteiger partial charge in [-0.05, 0) is 36.2 Å². The van der Waals surface area contributed by atoms with Crippen molar-refractivity contribution >= 4 is 49.7 Å². The summed E-state index contributed by atoms with van der Waals surface area (Å²) in [5.41, 5.74) is 1.01. The summed E-state index contributed by atoms with van der Waals surface area (Å²) in [6.07, 6.45) is 0.930. The lowest BCUT2D eigenvalue weighted by molar-refractivity contribution is 0.196. The maximum Gasteiger partial charge on any atom is 0.170 e. The number of rotatable bonds is 5. The molecule has 0 aliphatic rings. The number of halogens is 1. The number of methoxy groups -OCH3 is 1.